The van der Waals surface area contributed by atoms with Crippen molar-refractivity contribution in [2.24, 2.45) is 5.73 Å². The summed E-state index contributed by atoms with van der Waals surface area (Å²) in [4.78, 5) is 15.1. The van der Waals surface area contributed by atoms with E-state index < -0.39 is 0 Å². The van der Waals surface area contributed by atoms with Gasteiger partial charge >= 0.3 is 0 Å². The largest absolute Gasteiger partial charge is 0.399 e. The number of nitrogens with zero attached hydrogens (tertiary/aromatic N) is 1. The summed E-state index contributed by atoms with van der Waals surface area (Å²) in [5, 5.41) is 0. The third-order valence-corrected chi connectivity index (χ3v) is 4.68. The second-order valence-electron chi connectivity index (χ2n) is 3.98. The van der Waals surface area contributed by atoms with Crippen LogP contribution in [0.25, 0.3) is 10.2 Å². The summed E-state index contributed by atoms with van der Waals surface area (Å²) in [5.41, 5.74) is 12.6. The van der Waals surface area contributed by atoms with E-state index in [-0.39, 0.29) is 5.91 Å². The Kier molecular flexibility index (Phi) is 4.43. The first-order chi connectivity index (χ1) is 8.65. The van der Waals surface area contributed by atoms with Crippen LogP contribution >= 0.6 is 23.1 Å². The predicted octanol–water partition coefficient (Wildman–Crippen LogP) is 2.63. The first-order valence-electron chi connectivity index (χ1n) is 5.72. The molecular formula is C12H15N3OS2. The van der Waals surface area contributed by atoms with E-state index in [4.69, 9.17) is 11.5 Å². The number of carbonyl (C=O) groups is 1. The normalized spacial score (nSPS) is 10.9. The van der Waals surface area contributed by atoms with Crippen molar-refractivity contribution in [1.29, 1.82) is 0 Å². The average molecular weight is 281 g/mol. The number of thioether (sulfide) groups is 1. The maximum absolute atomic E-state index is 10.6. The first-order valence-corrected chi connectivity index (χ1v) is 7.52. The zero-order valence-corrected chi connectivity index (χ0v) is 11.5. The molecular weight excluding hydrogens is 266 g/mol. The summed E-state index contributed by atoms with van der Waals surface area (Å²) in [6.07, 6.45) is 2.29. The molecule has 0 saturated heterocycles. The Morgan fingerprint density at radius 1 is 1.39 bits per heavy atom. The smallest absolute Gasteiger partial charge is 0.217 e. The van der Waals surface area contributed by atoms with Crippen LogP contribution < -0.4 is 11.5 Å². The first kappa shape index (κ1) is 13.2. The highest BCUT2D eigenvalue weighted by atomic mass is 32.2. The molecule has 0 aliphatic carbocycles. The van der Waals surface area contributed by atoms with Crippen LogP contribution in [-0.2, 0) is 4.79 Å². The number of hydrogen-bond acceptors (Lipinski definition) is 5. The third kappa shape index (κ3) is 3.61. The maximum atomic E-state index is 10.6. The monoisotopic (exact) mass is 281 g/mol. The molecule has 1 amide bonds. The summed E-state index contributed by atoms with van der Waals surface area (Å²) in [5.74, 6) is 0.734. The highest BCUT2D eigenvalue weighted by molar-refractivity contribution is 8.01. The second kappa shape index (κ2) is 6.06. The van der Waals surface area contributed by atoms with E-state index >= 15 is 0 Å². The number of unbranched alkanes of at least 4 members (excludes halogenated alkanes) is 1. The minimum Gasteiger partial charge on any atom is -0.399 e. The Bertz CT molecular complexity index is 553. The SMILES string of the molecule is NC(=O)CCCCSc1nc2ccc(N)cc2s1. The van der Waals surface area contributed by atoms with Gasteiger partial charge in [0, 0.05) is 17.9 Å². The molecule has 0 aliphatic heterocycles. The van der Waals surface area contributed by atoms with E-state index in [1.807, 2.05) is 18.2 Å². The van der Waals surface area contributed by atoms with Gasteiger partial charge in [-0.25, -0.2) is 4.98 Å². The van der Waals surface area contributed by atoms with Crippen molar-refractivity contribution in [3.63, 3.8) is 0 Å². The zero-order valence-electron chi connectivity index (χ0n) is 9.89. The molecule has 96 valence electrons. The van der Waals surface area contributed by atoms with E-state index in [2.05, 4.69) is 4.98 Å². The zero-order chi connectivity index (χ0) is 13.0. The Hall–Kier alpha value is -1.27. The van der Waals surface area contributed by atoms with Gasteiger partial charge in [-0.05, 0) is 31.0 Å². The van der Waals surface area contributed by atoms with Gasteiger partial charge in [0.2, 0.25) is 5.91 Å². The number of thiazole rings is 1. The minimum atomic E-state index is -0.226. The van der Waals surface area contributed by atoms with Crippen LogP contribution in [0.3, 0.4) is 0 Å². The standard InChI is InChI=1S/C12H15N3OS2/c13-8-4-5-9-10(7-8)18-12(15-9)17-6-2-1-3-11(14)16/h4-5,7H,1-3,6,13H2,(H2,14,16). The number of nitrogens with two attached hydrogens (primary N) is 2. The number of nitrogen functional groups attached to an aromatic ring is 1. The molecule has 0 fully saturated rings. The van der Waals surface area contributed by atoms with Crippen LogP contribution in [0.15, 0.2) is 22.5 Å². The van der Waals surface area contributed by atoms with Crippen molar-refractivity contribution < 1.29 is 4.79 Å². The molecule has 18 heavy (non-hydrogen) atoms. The molecule has 4 N–H and O–H groups in total. The lowest BCUT2D eigenvalue weighted by atomic mass is 10.2. The number of amides is 1. The summed E-state index contributed by atoms with van der Waals surface area (Å²) >= 11 is 3.37. The van der Waals surface area contributed by atoms with Gasteiger partial charge in [-0.15, -0.1) is 11.3 Å². The number of hydrogen-bond donors (Lipinski definition) is 2. The fourth-order valence-electron chi connectivity index (χ4n) is 1.54. The molecule has 6 heteroatoms. The van der Waals surface area contributed by atoms with Crippen LogP contribution in [0.5, 0.6) is 0 Å². The van der Waals surface area contributed by atoms with Gasteiger partial charge in [-0.2, -0.15) is 0 Å². The molecule has 0 radical (unpaired) electrons. The van der Waals surface area contributed by atoms with Crippen molar-refractivity contribution in [3.05, 3.63) is 18.2 Å². The van der Waals surface area contributed by atoms with Crippen molar-refractivity contribution in [2.45, 2.75) is 23.6 Å². The topological polar surface area (TPSA) is 82.0 Å². The molecule has 4 nitrogen and oxygen atoms in total. The third-order valence-electron chi connectivity index (χ3n) is 2.44. The Labute approximate surface area is 114 Å². The van der Waals surface area contributed by atoms with Crippen molar-refractivity contribution in [3.8, 4) is 0 Å². The van der Waals surface area contributed by atoms with E-state index in [9.17, 15) is 4.79 Å². The van der Waals surface area contributed by atoms with Crippen LogP contribution in [0.4, 0.5) is 5.69 Å². The number of anilines is 1. The number of primary amides is 1. The van der Waals surface area contributed by atoms with Gasteiger partial charge in [0.1, 0.15) is 0 Å². The molecule has 0 unspecified atom stereocenters. The van der Waals surface area contributed by atoms with E-state index in [1.54, 1.807) is 23.1 Å². The molecule has 0 spiro atoms. The molecule has 0 bridgehead atoms. The Morgan fingerprint density at radius 3 is 3.00 bits per heavy atom. The predicted molar refractivity (Wildman–Crippen MR) is 77.8 cm³/mol. The molecule has 2 rings (SSSR count). The van der Waals surface area contributed by atoms with Gasteiger partial charge in [0.15, 0.2) is 4.34 Å². The number of aromatic nitrogens is 1. The number of carbonyl (C=O) groups excluding carboxylic acids is 1. The van der Waals surface area contributed by atoms with E-state index in [0.717, 1.165) is 38.8 Å². The lowest BCUT2D eigenvalue weighted by Crippen LogP contribution is -2.09. The van der Waals surface area contributed by atoms with Crippen molar-refractivity contribution >= 4 is 44.9 Å². The minimum absolute atomic E-state index is 0.226. The van der Waals surface area contributed by atoms with Gasteiger partial charge < -0.3 is 11.5 Å². The lowest BCUT2D eigenvalue weighted by molar-refractivity contribution is -0.118. The molecule has 0 saturated carbocycles. The maximum Gasteiger partial charge on any atom is 0.217 e. The Morgan fingerprint density at radius 2 is 2.22 bits per heavy atom. The van der Waals surface area contributed by atoms with Crippen molar-refractivity contribution in [1.82, 2.24) is 4.98 Å². The van der Waals surface area contributed by atoms with Gasteiger partial charge in [0.05, 0.1) is 10.2 Å². The van der Waals surface area contributed by atoms with Crippen LogP contribution in [-0.4, -0.2) is 16.6 Å². The van der Waals surface area contributed by atoms with Crippen LogP contribution in [0, 0.1) is 0 Å². The lowest BCUT2D eigenvalue weighted by Gasteiger charge is -1.96. The van der Waals surface area contributed by atoms with Crippen molar-refractivity contribution in [2.75, 3.05) is 11.5 Å². The number of rotatable bonds is 6. The molecule has 1 heterocycles. The highest BCUT2D eigenvalue weighted by Gasteiger charge is 2.04. The second-order valence-corrected chi connectivity index (χ2v) is 6.35. The fourth-order valence-corrected chi connectivity index (χ4v) is 3.73. The Balaban J connectivity index is 1.86. The summed E-state index contributed by atoms with van der Waals surface area (Å²) in [6.45, 7) is 0. The molecule has 0 atom stereocenters. The van der Waals surface area contributed by atoms with Crippen LogP contribution in [0.1, 0.15) is 19.3 Å². The number of benzene rings is 1. The summed E-state index contributed by atoms with van der Waals surface area (Å²) in [7, 11) is 0. The number of fused-ring (bicyclic) bond motifs is 1. The molecule has 0 aliphatic rings. The summed E-state index contributed by atoms with van der Waals surface area (Å²) in [6, 6.07) is 5.76. The van der Waals surface area contributed by atoms with Gasteiger partial charge in [-0.1, -0.05) is 11.8 Å². The van der Waals surface area contributed by atoms with Gasteiger partial charge in [-0.3, -0.25) is 4.79 Å². The summed E-state index contributed by atoms with van der Waals surface area (Å²) < 4.78 is 2.17. The quantitative estimate of drug-likeness (QED) is 0.484. The molecule has 2 aromatic rings. The van der Waals surface area contributed by atoms with E-state index in [1.165, 1.54) is 0 Å². The fraction of sp³-hybridized carbons (Fsp3) is 0.333. The molecule has 1 aromatic heterocycles. The van der Waals surface area contributed by atoms with E-state index in [0.29, 0.717) is 6.42 Å². The molecule has 1 aromatic carbocycles. The van der Waals surface area contributed by atoms with Gasteiger partial charge in [0.25, 0.3) is 0 Å². The average Bonchev–Trinajstić information content (AvgIpc) is 2.70. The highest BCUT2D eigenvalue weighted by Crippen LogP contribution is 2.31. The van der Waals surface area contributed by atoms with Crippen LogP contribution in [0.2, 0.25) is 0 Å².